The summed E-state index contributed by atoms with van der Waals surface area (Å²) in [5.41, 5.74) is 4.56. The highest BCUT2D eigenvalue weighted by Crippen LogP contribution is 2.30. The highest BCUT2D eigenvalue weighted by atomic mass is 16.6. The molecule has 5 nitrogen and oxygen atoms in total. The molecule has 2 aromatic carbocycles. The van der Waals surface area contributed by atoms with Gasteiger partial charge in [0.25, 0.3) is 5.91 Å². The van der Waals surface area contributed by atoms with Gasteiger partial charge in [0.2, 0.25) is 6.10 Å². The van der Waals surface area contributed by atoms with Gasteiger partial charge >= 0.3 is 0 Å². The van der Waals surface area contributed by atoms with E-state index >= 15 is 0 Å². The first-order chi connectivity index (χ1) is 10.7. The first-order valence-corrected chi connectivity index (χ1v) is 7.00. The maximum Gasteiger partial charge on any atom is 0.284 e. The topological polar surface area (TPSA) is 59.9 Å². The molecule has 1 N–H and O–H groups in total. The molecule has 112 valence electrons. The molecule has 1 atom stereocenters. The Balaban J connectivity index is 1.58. The SMILES string of the molecule is Cc1ccc(C=NNC(=O)[C@@H]2COc3ccccc3O2)cc1. The van der Waals surface area contributed by atoms with Crippen molar-refractivity contribution in [3.05, 3.63) is 59.7 Å². The molecule has 3 rings (SSSR count). The zero-order chi connectivity index (χ0) is 15.4. The van der Waals surface area contributed by atoms with E-state index in [9.17, 15) is 4.79 Å². The van der Waals surface area contributed by atoms with Crippen molar-refractivity contribution in [2.24, 2.45) is 5.10 Å². The molecule has 0 saturated carbocycles. The Morgan fingerprint density at radius 2 is 1.91 bits per heavy atom. The minimum atomic E-state index is -0.704. The smallest absolute Gasteiger partial charge is 0.284 e. The van der Waals surface area contributed by atoms with Crippen LogP contribution in [0.4, 0.5) is 0 Å². The second-order valence-electron chi connectivity index (χ2n) is 5.01. The van der Waals surface area contributed by atoms with Gasteiger partial charge in [-0.05, 0) is 24.6 Å². The molecule has 0 bridgehead atoms. The summed E-state index contributed by atoms with van der Waals surface area (Å²) < 4.78 is 11.1. The first kappa shape index (κ1) is 14.1. The number of carbonyl (C=O) groups excluding carboxylic acids is 1. The van der Waals surface area contributed by atoms with Gasteiger partial charge in [-0.3, -0.25) is 4.79 Å². The van der Waals surface area contributed by atoms with Gasteiger partial charge in [0.05, 0.1) is 6.21 Å². The number of nitrogens with one attached hydrogen (secondary N) is 1. The number of hydrogen-bond donors (Lipinski definition) is 1. The van der Waals surface area contributed by atoms with Gasteiger partial charge in [0.1, 0.15) is 6.61 Å². The molecule has 0 radical (unpaired) electrons. The summed E-state index contributed by atoms with van der Waals surface area (Å²) in [6.45, 7) is 2.18. The lowest BCUT2D eigenvalue weighted by Gasteiger charge is -2.24. The Morgan fingerprint density at radius 3 is 2.68 bits per heavy atom. The maximum atomic E-state index is 12.0. The third kappa shape index (κ3) is 3.25. The van der Waals surface area contributed by atoms with Crippen molar-refractivity contribution in [2.45, 2.75) is 13.0 Å². The van der Waals surface area contributed by atoms with E-state index in [4.69, 9.17) is 9.47 Å². The maximum absolute atomic E-state index is 12.0. The molecule has 0 saturated heterocycles. The fraction of sp³-hybridized carbons (Fsp3) is 0.176. The van der Waals surface area contributed by atoms with Gasteiger partial charge in [-0.25, -0.2) is 5.43 Å². The molecule has 0 aliphatic carbocycles. The molecule has 0 spiro atoms. The number of hydrazone groups is 1. The second kappa shape index (κ2) is 6.30. The fourth-order valence-electron chi connectivity index (χ4n) is 2.04. The third-order valence-corrected chi connectivity index (χ3v) is 3.27. The van der Waals surface area contributed by atoms with Crippen LogP contribution < -0.4 is 14.9 Å². The highest BCUT2D eigenvalue weighted by Gasteiger charge is 2.26. The summed E-state index contributed by atoms with van der Waals surface area (Å²) in [6, 6.07) is 15.1. The molecule has 1 amide bonds. The van der Waals surface area contributed by atoms with Crippen LogP contribution in [0.25, 0.3) is 0 Å². The lowest BCUT2D eigenvalue weighted by atomic mass is 10.2. The normalized spacial score (nSPS) is 16.5. The lowest BCUT2D eigenvalue weighted by molar-refractivity contribution is -0.130. The average Bonchev–Trinajstić information content (AvgIpc) is 2.56. The summed E-state index contributed by atoms with van der Waals surface area (Å²) in [4.78, 5) is 12.0. The molecular weight excluding hydrogens is 280 g/mol. The van der Waals surface area contributed by atoms with Gasteiger partial charge in [-0.2, -0.15) is 5.10 Å². The Labute approximate surface area is 128 Å². The number of rotatable bonds is 3. The lowest BCUT2D eigenvalue weighted by Crippen LogP contribution is -2.42. The predicted molar refractivity (Wildman–Crippen MR) is 83.3 cm³/mol. The third-order valence-electron chi connectivity index (χ3n) is 3.27. The van der Waals surface area contributed by atoms with E-state index in [0.29, 0.717) is 11.5 Å². The van der Waals surface area contributed by atoms with Crippen molar-refractivity contribution in [3.63, 3.8) is 0 Å². The zero-order valence-corrected chi connectivity index (χ0v) is 12.2. The van der Waals surface area contributed by atoms with Crippen LogP contribution >= 0.6 is 0 Å². The summed E-state index contributed by atoms with van der Waals surface area (Å²) >= 11 is 0. The number of carbonyl (C=O) groups is 1. The minimum Gasteiger partial charge on any atom is -0.485 e. The summed E-state index contributed by atoms with van der Waals surface area (Å²) in [7, 11) is 0. The van der Waals surface area contributed by atoms with Gasteiger partial charge in [-0.15, -0.1) is 0 Å². The molecule has 0 unspecified atom stereocenters. The van der Waals surface area contributed by atoms with Crippen LogP contribution in [0.3, 0.4) is 0 Å². The van der Waals surface area contributed by atoms with Crippen LogP contribution in [-0.2, 0) is 4.79 Å². The number of ether oxygens (including phenoxy) is 2. The zero-order valence-electron chi connectivity index (χ0n) is 12.2. The highest BCUT2D eigenvalue weighted by molar-refractivity contribution is 5.84. The first-order valence-electron chi connectivity index (χ1n) is 7.00. The largest absolute Gasteiger partial charge is 0.485 e. The molecule has 1 heterocycles. The van der Waals surface area contributed by atoms with Gasteiger partial charge < -0.3 is 9.47 Å². The van der Waals surface area contributed by atoms with E-state index in [2.05, 4.69) is 10.5 Å². The average molecular weight is 296 g/mol. The molecule has 1 aliphatic heterocycles. The Bertz CT molecular complexity index is 695. The van der Waals surface area contributed by atoms with Crippen molar-refractivity contribution in [3.8, 4) is 11.5 Å². The quantitative estimate of drug-likeness (QED) is 0.698. The molecular formula is C17H16N2O3. The predicted octanol–water partition coefficient (Wildman–Crippen LogP) is 2.29. The molecule has 0 aromatic heterocycles. The second-order valence-corrected chi connectivity index (χ2v) is 5.01. The Hall–Kier alpha value is -2.82. The number of hydrogen-bond acceptors (Lipinski definition) is 4. The van der Waals surface area contributed by atoms with E-state index in [1.807, 2.05) is 43.3 Å². The number of fused-ring (bicyclic) bond motifs is 1. The van der Waals surface area contributed by atoms with Gasteiger partial charge in [-0.1, -0.05) is 42.0 Å². The van der Waals surface area contributed by atoms with Crippen molar-refractivity contribution in [2.75, 3.05) is 6.61 Å². The van der Waals surface area contributed by atoms with Crippen LogP contribution in [0.15, 0.2) is 53.6 Å². The number of benzene rings is 2. The molecule has 1 aliphatic rings. The number of nitrogens with zero attached hydrogens (tertiary/aromatic N) is 1. The Morgan fingerprint density at radius 1 is 1.18 bits per heavy atom. The van der Waals surface area contributed by atoms with Crippen LogP contribution in [-0.4, -0.2) is 24.8 Å². The molecule has 0 fully saturated rings. The molecule has 5 heteroatoms. The Kier molecular flexibility index (Phi) is 4.05. The number of para-hydroxylation sites is 2. The van der Waals surface area contributed by atoms with Gasteiger partial charge in [0, 0.05) is 0 Å². The van der Waals surface area contributed by atoms with Crippen LogP contribution in [0.1, 0.15) is 11.1 Å². The molecule has 22 heavy (non-hydrogen) atoms. The van der Waals surface area contributed by atoms with E-state index in [0.717, 1.165) is 5.56 Å². The van der Waals surface area contributed by atoms with Crippen molar-refractivity contribution < 1.29 is 14.3 Å². The van der Waals surface area contributed by atoms with E-state index in [-0.39, 0.29) is 12.5 Å². The van der Waals surface area contributed by atoms with Crippen LogP contribution in [0.5, 0.6) is 11.5 Å². The van der Waals surface area contributed by atoms with E-state index in [1.54, 1.807) is 18.3 Å². The minimum absolute atomic E-state index is 0.170. The summed E-state index contributed by atoms with van der Waals surface area (Å²) in [6.07, 6.45) is 0.889. The van der Waals surface area contributed by atoms with Crippen LogP contribution in [0.2, 0.25) is 0 Å². The van der Waals surface area contributed by atoms with Crippen molar-refractivity contribution in [1.29, 1.82) is 0 Å². The number of aryl methyl sites for hydroxylation is 1. The van der Waals surface area contributed by atoms with Crippen LogP contribution in [0, 0.1) is 6.92 Å². The summed E-state index contributed by atoms with van der Waals surface area (Å²) in [5.74, 6) is 0.879. The van der Waals surface area contributed by atoms with E-state index < -0.39 is 6.10 Å². The van der Waals surface area contributed by atoms with Crippen molar-refractivity contribution in [1.82, 2.24) is 5.43 Å². The van der Waals surface area contributed by atoms with Gasteiger partial charge in [0.15, 0.2) is 11.5 Å². The summed E-state index contributed by atoms with van der Waals surface area (Å²) in [5, 5.41) is 3.94. The number of amides is 1. The van der Waals surface area contributed by atoms with E-state index in [1.165, 1.54) is 5.56 Å². The monoisotopic (exact) mass is 296 g/mol. The molecule has 2 aromatic rings. The standard InChI is InChI=1S/C17H16N2O3/c1-12-6-8-13(9-7-12)10-18-19-17(20)16-11-21-14-4-2-3-5-15(14)22-16/h2-10,16H,11H2,1H3,(H,19,20)/t16-/m0/s1. The fourth-order valence-corrected chi connectivity index (χ4v) is 2.04. The van der Waals surface area contributed by atoms with Crippen molar-refractivity contribution >= 4 is 12.1 Å².